The number of rotatable bonds is 2. The molecule has 0 bridgehead atoms. The summed E-state index contributed by atoms with van der Waals surface area (Å²) >= 11 is 0. The van der Waals surface area contributed by atoms with Gasteiger partial charge in [-0.3, -0.25) is 4.79 Å². The molecule has 0 aromatic carbocycles. The van der Waals surface area contributed by atoms with Gasteiger partial charge in [-0.25, -0.2) is 0 Å². The zero-order valence-corrected chi connectivity index (χ0v) is 9.88. The fourth-order valence-corrected chi connectivity index (χ4v) is 2.93. The van der Waals surface area contributed by atoms with Crippen molar-refractivity contribution in [3.63, 3.8) is 0 Å². The minimum absolute atomic E-state index is 0.0391. The SMILES string of the molecule is CNC1CCN(C(=O)C2(C)CCCC2)C1. The molecule has 1 atom stereocenters. The average molecular weight is 210 g/mol. The lowest BCUT2D eigenvalue weighted by molar-refractivity contribution is -0.139. The van der Waals surface area contributed by atoms with Crippen molar-refractivity contribution in [2.75, 3.05) is 20.1 Å². The first kappa shape index (κ1) is 10.9. The quantitative estimate of drug-likeness (QED) is 0.747. The zero-order valence-electron chi connectivity index (χ0n) is 9.88. The van der Waals surface area contributed by atoms with Crippen molar-refractivity contribution in [2.24, 2.45) is 5.41 Å². The summed E-state index contributed by atoms with van der Waals surface area (Å²) in [6, 6.07) is 0.513. The number of hydrogen-bond acceptors (Lipinski definition) is 2. The fraction of sp³-hybridized carbons (Fsp3) is 0.917. The van der Waals surface area contributed by atoms with Crippen LogP contribution in [0.3, 0.4) is 0 Å². The van der Waals surface area contributed by atoms with Crippen molar-refractivity contribution in [2.45, 2.75) is 45.1 Å². The number of amides is 1. The van der Waals surface area contributed by atoms with Gasteiger partial charge in [0.25, 0.3) is 0 Å². The lowest BCUT2D eigenvalue weighted by Crippen LogP contribution is -2.41. The summed E-state index contributed by atoms with van der Waals surface area (Å²) in [4.78, 5) is 14.4. The van der Waals surface area contributed by atoms with Gasteiger partial charge in [-0.2, -0.15) is 0 Å². The van der Waals surface area contributed by atoms with Crippen molar-refractivity contribution >= 4 is 5.91 Å². The first-order chi connectivity index (χ1) is 7.15. The Labute approximate surface area is 92.2 Å². The highest BCUT2D eigenvalue weighted by atomic mass is 16.2. The third-order valence-corrected chi connectivity index (χ3v) is 4.11. The second kappa shape index (κ2) is 4.12. The van der Waals surface area contributed by atoms with Crippen molar-refractivity contribution < 1.29 is 4.79 Å². The molecule has 0 aromatic heterocycles. The highest BCUT2D eigenvalue weighted by Crippen LogP contribution is 2.39. The van der Waals surface area contributed by atoms with E-state index in [1.807, 2.05) is 7.05 Å². The van der Waals surface area contributed by atoms with Crippen molar-refractivity contribution in [1.29, 1.82) is 0 Å². The highest BCUT2D eigenvalue weighted by Gasteiger charge is 2.40. The van der Waals surface area contributed by atoms with E-state index in [0.29, 0.717) is 11.9 Å². The van der Waals surface area contributed by atoms with Crippen molar-refractivity contribution in [3.05, 3.63) is 0 Å². The second-order valence-corrected chi connectivity index (χ2v) is 5.29. The highest BCUT2D eigenvalue weighted by molar-refractivity contribution is 5.83. The van der Waals surface area contributed by atoms with Crippen LogP contribution < -0.4 is 5.32 Å². The molecule has 3 heteroatoms. The molecule has 2 aliphatic rings. The lowest BCUT2D eigenvalue weighted by atomic mass is 9.87. The third-order valence-electron chi connectivity index (χ3n) is 4.11. The molecule has 1 N–H and O–H groups in total. The van der Waals surface area contributed by atoms with Gasteiger partial charge >= 0.3 is 0 Å². The number of carbonyl (C=O) groups excluding carboxylic acids is 1. The summed E-state index contributed by atoms with van der Waals surface area (Å²) < 4.78 is 0. The second-order valence-electron chi connectivity index (χ2n) is 5.29. The minimum Gasteiger partial charge on any atom is -0.341 e. The van der Waals surface area contributed by atoms with E-state index < -0.39 is 0 Å². The first-order valence-electron chi connectivity index (χ1n) is 6.12. The molecule has 0 aromatic rings. The zero-order chi connectivity index (χ0) is 10.9. The van der Waals surface area contributed by atoms with Crippen LogP contribution in [-0.2, 0) is 4.79 Å². The Hall–Kier alpha value is -0.570. The Morgan fingerprint density at radius 2 is 2.07 bits per heavy atom. The number of carbonyl (C=O) groups is 1. The first-order valence-corrected chi connectivity index (χ1v) is 6.12. The van der Waals surface area contributed by atoms with Gasteiger partial charge in [0.1, 0.15) is 0 Å². The van der Waals surface area contributed by atoms with Crippen LogP contribution in [0.5, 0.6) is 0 Å². The van der Waals surface area contributed by atoms with Crippen LogP contribution in [0.1, 0.15) is 39.0 Å². The Morgan fingerprint density at radius 3 is 2.60 bits per heavy atom. The van der Waals surface area contributed by atoms with Gasteiger partial charge in [-0.1, -0.05) is 19.8 Å². The normalized spacial score (nSPS) is 29.7. The van der Waals surface area contributed by atoms with Gasteiger partial charge in [0.05, 0.1) is 0 Å². The molecule has 2 rings (SSSR count). The predicted octanol–water partition coefficient (Wildman–Crippen LogP) is 1.39. The minimum atomic E-state index is -0.0391. The third kappa shape index (κ3) is 2.03. The number of likely N-dealkylation sites (tertiary alicyclic amines) is 1. The smallest absolute Gasteiger partial charge is 0.228 e. The van der Waals surface area contributed by atoms with E-state index in [-0.39, 0.29) is 5.41 Å². The molecule has 1 unspecified atom stereocenters. The number of hydrogen-bond donors (Lipinski definition) is 1. The lowest BCUT2D eigenvalue weighted by Gasteiger charge is -2.28. The molecule has 1 heterocycles. The van der Waals surface area contributed by atoms with E-state index in [2.05, 4.69) is 17.1 Å². The predicted molar refractivity (Wildman–Crippen MR) is 60.6 cm³/mol. The Kier molecular flexibility index (Phi) is 3.01. The summed E-state index contributed by atoms with van der Waals surface area (Å²) in [5.41, 5.74) is -0.0391. The van der Waals surface area contributed by atoms with Gasteiger partial charge in [-0.05, 0) is 26.3 Å². The monoisotopic (exact) mass is 210 g/mol. The number of likely N-dealkylation sites (N-methyl/N-ethyl adjacent to an activating group) is 1. The summed E-state index contributed by atoms with van der Waals surface area (Å²) in [5, 5.41) is 3.26. The molecule has 1 aliphatic carbocycles. The molecule has 86 valence electrons. The summed E-state index contributed by atoms with van der Waals surface area (Å²) in [5.74, 6) is 0.401. The average Bonchev–Trinajstić information content (AvgIpc) is 2.85. The van der Waals surface area contributed by atoms with Crippen molar-refractivity contribution in [1.82, 2.24) is 10.2 Å². The Balaban J connectivity index is 1.96. The van der Waals surface area contributed by atoms with Crippen LogP contribution in [0.15, 0.2) is 0 Å². The van der Waals surface area contributed by atoms with E-state index in [1.165, 1.54) is 12.8 Å². The molecule has 0 radical (unpaired) electrons. The molecule has 2 fully saturated rings. The van der Waals surface area contributed by atoms with Crippen LogP contribution in [-0.4, -0.2) is 37.0 Å². The van der Waals surface area contributed by atoms with Gasteiger partial charge in [0.15, 0.2) is 0 Å². The van der Waals surface area contributed by atoms with Crippen LogP contribution in [0, 0.1) is 5.41 Å². The van der Waals surface area contributed by atoms with Crippen molar-refractivity contribution in [3.8, 4) is 0 Å². The van der Waals surface area contributed by atoms with E-state index >= 15 is 0 Å². The molecular formula is C12H22N2O. The molecule has 3 nitrogen and oxygen atoms in total. The van der Waals surface area contributed by atoms with E-state index in [1.54, 1.807) is 0 Å². The van der Waals surface area contributed by atoms with Crippen LogP contribution >= 0.6 is 0 Å². The van der Waals surface area contributed by atoms with Gasteiger partial charge in [0.2, 0.25) is 5.91 Å². The van der Waals surface area contributed by atoms with E-state index in [0.717, 1.165) is 32.4 Å². The maximum Gasteiger partial charge on any atom is 0.228 e. The van der Waals surface area contributed by atoms with Gasteiger partial charge in [0, 0.05) is 24.5 Å². The van der Waals surface area contributed by atoms with Crippen LogP contribution in [0.2, 0.25) is 0 Å². The molecule has 1 saturated carbocycles. The summed E-state index contributed by atoms with van der Waals surface area (Å²) in [6.45, 7) is 4.00. The summed E-state index contributed by atoms with van der Waals surface area (Å²) in [7, 11) is 1.98. The van der Waals surface area contributed by atoms with Gasteiger partial charge < -0.3 is 10.2 Å². The number of nitrogens with zero attached hydrogens (tertiary/aromatic N) is 1. The van der Waals surface area contributed by atoms with Crippen LogP contribution in [0.25, 0.3) is 0 Å². The molecular weight excluding hydrogens is 188 g/mol. The largest absolute Gasteiger partial charge is 0.341 e. The topological polar surface area (TPSA) is 32.3 Å². The fourth-order valence-electron chi connectivity index (χ4n) is 2.93. The molecule has 0 spiro atoms. The van der Waals surface area contributed by atoms with E-state index in [4.69, 9.17) is 0 Å². The van der Waals surface area contributed by atoms with E-state index in [9.17, 15) is 4.79 Å². The standard InChI is InChI=1S/C12H22N2O/c1-12(6-3-4-7-12)11(15)14-8-5-10(9-14)13-2/h10,13H,3-9H2,1-2H3. The number of nitrogens with one attached hydrogen (secondary N) is 1. The Bertz CT molecular complexity index is 246. The molecule has 1 amide bonds. The maximum absolute atomic E-state index is 12.3. The molecule has 1 saturated heterocycles. The van der Waals surface area contributed by atoms with Crippen LogP contribution in [0.4, 0.5) is 0 Å². The molecule has 1 aliphatic heterocycles. The Morgan fingerprint density at radius 1 is 1.40 bits per heavy atom. The molecule has 15 heavy (non-hydrogen) atoms. The maximum atomic E-state index is 12.3. The van der Waals surface area contributed by atoms with Gasteiger partial charge in [-0.15, -0.1) is 0 Å². The summed E-state index contributed by atoms with van der Waals surface area (Å²) in [6.07, 6.45) is 5.74.